The molecule has 0 saturated carbocycles. The summed E-state index contributed by atoms with van der Waals surface area (Å²) in [6.45, 7) is 3.99. The number of ether oxygens (including phenoxy) is 3. The normalized spacial score (nSPS) is 10.8. The zero-order chi connectivity index (χ0) is 20.8. The molecule has 0 unspecified atom stereocenters. The van der Waals surface area contributed by atoms with E-state index in [9.17, 15) is 4.79 Å². The number of methoxy groups -OCH3 is 2. The molecule has 0 saturated heterocycles. The number of hydrogen-bond acceptors (Lipinski definition) is 4. The van der Waals surface area contributed by atoms with E-state index in [1.54, 1.807) is 38.5 Å². The second kappa shape index (κ2) is 9.11. The van der Waals surface area contributed by atoms with Gasteiger partial charge in [-0.1, -0.05) is 35.9 Å². The maximum atomic E-state index is 12.3. The van der Waals surface area contributed by atoms with Crippen molar-refractivity contribution >= 4 is 12.0 Å². The van der Waals surface area contributed by atoms with Gasteiger partial charge in [-0.15, -0.1) is 0 Å². The van der Waals surface area contributed by atoms with Crippen LogP contribution in [0.4, 0.5) is 0 Å². The fourth-order valence-electron chi connectivity index (χ4n) is 2.96. The van der Waals surface area contributed by atoms with Crippen molar-refractivity contribution in [3.63, 3.8) is 0 Å². The minimum atomic E-state index is -0.457. The first kappa shape index (κ1) is 20.2. The zero-order valence-electron chi connectivity index (χ0n) is 17.1. The summed E-state index contributed by atoms with van der Waals surface area (Å²) >= 11 is 0. The molecule has 0 amide bonds. The lowest BCUT2D eigenvalue weighted by Gasteiger charge is -2.09. The SMILES string of the molecule is COc1ccc(OC)c(C=CC(=O)Oc2ccc(-c3ccc(C)cc3)cc2C)c1. The Morgan fingerprint density at radius 1 is 0.793 bits per heavy atom. The quantitative estimate of drug-likeness (QED) is 0.313. The molecule has 0 radical (unpaired) electrons. The molecule has 0 aromatic heterocycles. The van der Waals surface area contributed by atoms with Gasteiger partial charge < -0.3 is 14.2 Å². The molecule has 3 rings (SSSR count). The van der Waals surface area contributed by atoms with Gasteiger partial charge in [0.25, 0.3) is 0 Å². The minimum Gasteiger partial charge on any atom is -0.497 e. The van der Waals surface area contributed by atoms with Crippen LogP contribution in [0.1, 0.15) is 16.7 Å². The van der Waals surface area contributed by atoms with Gasteiger partial charge in [0.05, 0.1) is 14.2 Å². The summed E-state index contributed by atoms with van der Waals surface area (Å²) in [7, 11) is 3.17. The molecule has 3 aromatic rings. The van der Waals surface area contributed by atoms with Crippen LogP contribution in [0, 0.1) is 13.8 Å². The van der Waals surface area contributed by atoms with Gasteiger partial charge in [0.15, 0.2) is 0 Å². The molecule has 29 heavy (non-hydrogen) atoms. The highest BCUT2D eigenvalue weighted by atomic mass is 16.5. The molecule has 0 N–H and O–H groups in total. The zero-order valence-corrected chi connectivity index (χ0v) is 17.1. The summed E-state index contributed by atoms with van der Waals surface area (Å²) in [4.78, 5) is 12.3. The number of hydrogen-bond donors (Lipinski definition) is 0. The van der Waals surface area contributed by atoms with E-state index in [4.69, 9.17) is 14.2 Å². The van der Waals surface area contributed by atoms with Crippen molar-refractivity contribution in [1.29, 1.82) is 0 Å². The lowest BCUT2D eigenvalue weighted by Crippen LogP contribution is -2.05. The first-order chi connectivity index (χ1) is 14.0. The smallest absolute Gasteiger partial charge is 0.336 e. The Morgan fingerprint density at radius 2 is 1.48 bits per heavy atom. The molecule has 4 nitrogen and oxygen atoms in total. The number of benzene rings is 3. The number of esters is 1. The average Bonchev–Trinajstić information content (AvgIpc) is 2.74. The monoisotopic (exact) mass is 388 g/mol. The lowest BCUT2D eigenvalue weighted by molar-refractivity contribution is -0.128. The van der Waals surface area contributed by atoms with Gasteiger partial charge in [-0.3, -0.25) is 0 Å². The van der Waals surface area contributed by atoms with Gasteiger partial charge in [-0.2, -0.15) is 0 Å². The Morgan fingerprint density at radius 3 is 2.14 bits per heavy atom. The Balaban J connectivity index is 1.74. The highest BCUT2D eigenvalue weighted by Crippen LogP contribution is 2.27. The Labute approximate surface area is 171 Å². The van der Waals surface area contributed by atoms with Crippen LogP contribution in [-0.4, -0.2) is 20.2 Å². The highest BCUT2D eigenvalue weighted by molar-refractivity contribution is 5.89. The number of aryl methyl sites for hydroxylation is 2. The molecule has 0 bridgehead atoms. The van der Waals surface area contributed by atoms with E-state index in [0.717, 1.165) is 22.3 Å². The third-order valence-corrected chi connectivity index (χ3v) is 4.61. The van der Waals surface area contributed by atoms with Crippen LogP contribution in [0.5, 0.6) is 17.2 Å². The molecular weight excluding hydrogens is 364 g/mol. The molecule has 0 aliphatic carbocycles. The van der Waals surface area contributed by atoms with Gasteiger partial charge in [0, 0.05) is 11.6 Å². The molecule has 0 aliphatic heterocycles. The molecule has 0 spiro atoms. The van der Waals surface area contributed by atoms with E-state index in [0.29, 0.717) is 17.2 Å². The summed E-state index contributed by atoms with van der Waals surface area (Å²) in [6.07, 6.45) is 3.03. The van der Waals surface area contributed by atoms with Crippen LogP contribution in [-0.2, 0) is 4.79 Å². The molecule has 148 valence electrons. The maximum absolute atomic E-state index is 12.3. The number of carbonyl (C=O) groups is 1. The highest BCUT2D eigenvalue weighted by Gasteiger charge is 2.08. The summed E-state index contributed by atoms with van der Waals surface area (Å²) in [5, 5.41) is 0. The van der Waals surface area contributed by atoms with Gasteiger partial charge >= 0.3 is 5.97 Å². The van der Waals surface area contributed by atoms with E-state index in [1.165, 1.54) is 11.6 Å². The molecule has 0 atom stereocenters. The molecular formula is C25H24O4. The fourth-order valence-corrected chi connectivity index (χ4v) is 2.96. The van der Waals surface area contributed by atoms with Crippen molar-refractivity contribution in [1.82, 2.24) is 0 Å². The van der Waals surface area contributed by atoms with Crippen molar-refractivity contribution < 1.29 is 19.0 Å². The fraction of sp³-hybridized carbons (Fsp3) is 0.160. The van der Waals surface area contributed by atoms with Crippen LogP contribution in [0.25, 0.3) is 17.2 Å². The Hall–Kier alpha value is -3.53. The maximum Gasteiger partial charge on any atom is 0.336 e. The van der Waals surface area contributed by atoms with Crippen LogP contribution >= 0.6 is 0 Å². The van der Waals surface area contributed by atoms with Crippen molar-refractivity contribution in [2.24, 2.45) is 0 Å². The largest absolute Gasteiger partial charge is 0.497 e. The van der Waals surface area contributed by atoms with Crippen LogP contribution in [0.2, 0.25) is 0 Å². The second-order valence-electron chi connectivity index (χ2n) is 6.71. The summed E-state index contributed by atoms with van der Waals surface area (Å²) in [5.74, 6) is 1.41. The second-order valence-corrected chi connectivity index (χ2v) is 6.71. The third kappa shape index (κ3) is 5.05. The number of carbonyl (C=O) groups excluding carboxylic acids is 1. The summed E-state index contributed by atoms with van der Waals surface area (Å²) in [5.41, 5.74) is 5.05. The van der Waals surface area contributed by atoms with Crippen LogP contribution in [0.15, 0.2) is 66.7 Å². The lowest BCUT2D eigenvalue weighted by atomic mass is 10.0. The topological polar surface area (TPSA) is 44.8 Å². The van der Waals surface area contributed by atoms with E-state index in [-0.39, 0.29) is 0 Å². The van der Waals surface area contributed by atoms with Crippen molar-refractivity contribution in [2.45, 2.75) is 13.8 Å². The Bertz CT molecular complexity index is 1030. The van der Waals surface area contributed by atoms with Crippen LogP contribution < -0.4 is 14.2 Å². The van der Waals surface area contributed by atoms with Gasteiger partial charge in [-0.05, 0) is 66.9 Å². The number of rotatable bonds is 6. The van der Waals surface area contributed by atoms with Crippen molar-refractivity contribution in [3.05, 3.63) is 83.4 Å². The Kier molecular flexibility index (Phi) is 6.35. The van der Waals surface area contributed by atoms with E-state index >= 15 is 0 Å². The van der Waals surface area contributed by atoms with E-state index in [2.05, 4.69) is 31.2 Å². The third-order valence-electron chi connectivity index (χ3n) is 4.61. The van der Waals surface area contributed by atoms with Crippen molar-refractivity contribution in [3.8, 4) is 28.4 Å². The van der Waals surface area contributed by atoms with E-state index < -0.39 is 5.97 Å². The van der Waals surface area contributed by atoms with Gasteiger partial charge in [0.1, 0.15) is 17.2 Å². The predicted octanol–water partition coefficient (Wildman–Crippen LogP) is 5.61. The summed E-state index contributed by atoms with van der Waals surface area (Å²) < 4.78 is 16.0. The van der Waals surface area contributed by atoms with Crippen molar-refractivity contribution in [2.75, 3.05) is 14.2 Å². The molecule has 0 fully saturated rings. The predicted molar refractivity (Wildman–Crippen MR) is 116 cm³/mol. The minimum absolute atomic E-state index is 0.457. The van der Waals surface area contributed by atoms with Gasteiger partial charge in [-0.25, -0.2) is 4.79 Å². The molecule has 0 aliphatic rings. The molecule has 4 heteroatoms. The standard InChI is InChI=1S/C25H24O4/c1-17-5-7-19(8-6-17)20-9-12-23(18(2)15-20)29-25(26)14-10-21-16-22(27-3)11-13-24(21)28-4/h5-16H,1-4H3. The molecule has 0 heterocycles. The van der Waals surface area contributed by atoms with E-state index in [1.807, 2.05) is 25.1 Å². The van der Waals surface area contributed by atoms with Gasteiger partial charge in [0.2, 0.25) is 0 Å². The average molecular weight is 388 g/mol. The summed E-state index contributed by atoms with van der Waals surface area (Å²) in [6, 6.07) is 19.5. The first-order valence-corrected chi connectivity index (χ1v) is 9.30. The first-order valence-electron chi connectivity index (χ1n) is 9.30. The molecule has 3 aromatic carbocycles. The van der Waals surface area contributed by atoms with Crippen LogP contribution in [0.3, 0.4) is 0 Å².